The molecule has 3 aromatic rings. The van der Waals surface area contributed by atoms with Gasteiger partial charge in [0.05, 0.1) is 12.0 Å². The van der Waals surface area contributed by atoms with Gasteiger partial charge in [-0.2, -0.15) is 0 Å². The van der Waals surface area contributed by atoms with E-state index < -0.39 is 10.0 Å². The first-order valence-electron chi connectivity index (χ1n) is 9.05. The zero-order valence-corrected chi connectivity index (χ0v) is 18.1. The maximum absolute atomic E-state index is 12.8. The lowest BCUT2D eigenvalue weighted by Gasteiger charge is -2.18. The van der Waals surface area contributed by atoms with Crippen LogP contribution in [0.25, 0.3) is 0 Å². The molecule has 30 heavy (non-hydrogen) atoms. The first-order valence-corrected chi connectivity index (χ1v) is 10.9. The molecular formula is C22H21ClN2O4S. The van der Waals surface area contributed by atoms with Crippen LogP contribution in [-0.4, -0.2) is 33.4 Å². The second-order valence-corrected chi connectivity index (χ2v) is 8.77. The number of nitrogens with one attached hydrogen (secondary N) is 1. The Labute approximate surface area is 181 Å². The number of anilines is 1. The first kappa shape index (κ1) is 21.7. The number of sulfonamides is 1. The highest BCUT2D eigenvalue weighted by molar-refractivity contribution is 7.92. The Balaban J connectivity index is 1.75. The summed E-state index contributed by atoms with van der Waals surface area (Å²) in [6, 6.07) is 19.7. The van der Waals surface area contributed by atoms with Gasteiger partial charge >= 0.3 is 0 Å². The largest absolute Gasteiger partial charge is 0.497 e. The summed E-state index contributed by atoms with van der Waals surface area (Å²) in [5.41, 5.74) is 1.57. The van der Waals surface area contributed by atoms with Gasteiger partial charge in [0, 0.05) is 29.9 Å². The number of methoxy groups -OCH3 is 1. The molecule has 8 heteroatoms. The van der Waals surface area contributed by atoms with Crippen LogP contribution in [0.3, 0.4) is 0 Å². The standard InChI is InChI=1S/C22H21ClN2O4S/c1-25(15-16-5-3-7-18(23)13-16)22(26)17-6-4-8-19(14-17)24-30(27,28)21-11-9-20(29-2)10-12-21/h3-14,24H,15H2,1-2H3. The van der Waals surface area contributed by atoms with E-state index in [9.17, 15) is 13.2 Å². The molecule has 0 saturated carbocycles. The number of carbonyl (C=O) groups excluding carboxylic acids is 1. The number of nitrogens with zero attached hydrogens (tertiary/aromatic N) is 1. The van der Waals surface area contributed by atoms with E-state index in [1.807, 2.05) is 12.1 Å². The van der Waals surface area contributed by atoms with Crippen molar-refractivity contribution in [3.05, 3.63) is 88.9 Å². The summed E-state index contributed by atoms with van der Waals surface area (Å²) in [7, 11) is -0.614. The third kappa shape index (κ3) is 5.31. The maximum Gasteiger partial charge on any atom is 0.261 e. The summed E-state index contributed by atoms with van der Waals surface area (Å²) < 4.78 is 32.8. The molecule has 0 aromatic heterocycles. The predicted octanol–water partition coefficient (Wildman–Crippen LogP) is 4.42. The number of ether oxygens (including phenoxy) is 1. The van der Waals surface area contributed by atoms with E-state index in [-0.39, 0.29) is 10.8 Å². The number of hydrogen-bond donors (Lipinski definition) is 1. The Morgan fingerprint density at radius 2 is 1.73 bits per heavy atom. The van der Waals surface area contributed by atoms with Crippen LogP contribution in [0.4, 0.5) is 5.69 Å². The summed E-state index contributed by atoms with van der Waals surface area (Å²) in [6.45, 7) is 0.376. The second kappa shape index (κ2) is 9.19. The molecule has 3 aromatic carbocycles. The van der Waals surface area contributed by atoms with E-state index in [2.05, 4.69) is 4.72 Å². The molecule has 0 radical (unpaired) electrons. The van der Waals surface area contributed by atoms with Crippen molar-refractivity contribution in [3.8, 4) is 5.75 Å². The lowest BCUT2D eigenvalue weighted by Crippen LogP contribution is -2.26. The average Bonchev–Trinajstić information content (AvgIpc) is 2.73. The molecule has 0 spiro atoms. The zero-order valence-electron chi connectivity index (χ0n) is 16.5. The lowest BCUT2D eigenvalue weighted by atomic mass is 10.1. The van der Waals surface area contributed by atoms with Crippen molar-refractivity contribution in [2.75, 3.05) is 18.9 Å². The Hall–Kier alpha value is -3.03. The van der Waals surface area contributed by atoms with Gasteiger partial charge in [-0.05, 0) is 60.2 Å². The maximum atomic E-state index is 12.8. The van der Waals surface area contributed by atoms with Gasteiger partial charge in [0.2, 0.25) is 0 Å². The minimum atomic E-state index is -3.80. The Bertz CT molecular complexity index is 1150. The summed E-state index contributed by atoms with van der Waals surface area (Å²) in [4.78, 5) is 14.4. The number of benzene rings is 3. The van der Waals surface area contributed by atoms with Gasteiger partial charge in [-0.1, -0.05) is 29.8 Å². The lowest BCUT2D eigenvalue weighted by molar-refractivity contribution is 0.0785. The highest BCUT2D eigenvalue weighted by Crippen LogP contribution is 2.21. The molecule has 156 valence electrons. The van der Waals surface area contributed by atoms with E-state index in [4.69, 9.17) is 16.3 Å². The quantitative estimate of drug-likeness (QED) is 0.585. The fourth-order valence-corrected chi connectivity index (χ4v) is 4.15. The molecule has 0 aliphatic heterocycles. The van der Waals surface area contributed by atoms with Gasteiger partial charge in [0.25, 0.3) is 15.9 Å². The molecule has 3 rings (SSSR count). The predicted molar refractivity (Wildman–Crippen MR) is 117 cm³/mol. The molecule has 0 aliphatic carbocycles. The monoisotopic (exact) mass is 444 g/mol. The van der Waals surface area contributed by atoms with Crippen LogP contribution >= 0.6 is 11.6 Å². The molecule has 0 atom stereocenters. The topological polar surface area (TPSA) is 75.7 Å². The number of hydrogen-bond acceptors (Lipinski definition) is 4. The molecule has 1 N–H and O–H groups in total. The van der Waals surface area contributed by atoms with Crippen molar-refractivity contribution in [1.29, 1.82) is 0 Å². The van der Waals surface area contributed by atoms with Crippen molar-refractivity contribution in [2.45, 2.75) is 11.4 Å². The highest BCUT2D eigenvalue weighted by atomic mass is 35.5. The van der Waals surface area contributed by atoms with Crippen molar-refractivity contribution in [3.63, 3.8) is 0 Å². The first-order chi connectivity index (χ1) is 14.3. The van der Waals surface area contributed by atoms with Gasteiger partial charge in [-0.15, -0.1) is 0 Å². The Morgan fingerprint density at radius 1 is 1.03 bits per heavy atom. The van der Waals surface area contributed by atoms with Gasteiger partial charge < -0.3 is 9.64 Å². The summed E-state index contributed by atoms with van der Waals surface area (Å²) in [5, 5.41) is 0.600. The third-order valence-electron chi connectivity index (χ3n) is 4.39. The van der Waals surface area contributed by atoms with Gasteiger partial charge in [-0.25, -0.2) is 8.42 Å². The smallest absolute Gasteiger partial charge is 0.261 e. The van der Waals surface area contributed by atoms with Crippen LogP contribution in [0.1, 0.15) is 15.9 Å². The molecule has 6 nitrogen and oxygen atoms in total. The molecule has 0 fully saturated rings. The number of rotatable bonds is 7. The van der Waals surface area contributed by atoms with Crippen molar-refractivity contribution < 1.29 is 17.9 Å². The second-order valence-electron chi connectivity index (χ2n) is 6.65. The van der Waals surface area contributed by atoms with Crippen LogP contribution in [-0.2, 0) is 16.6 Å². The molecule has 0 saturated heterocycles. The van der Waals surface area contributed by atoms with E-state index in [0.717, 1.165) is 5.56 Å². The number of amides is 1. The molecule has 0 heterocycles. The number of halogens is 1. The SMILES string of the molecule is COc1ccc(S(=O)(=O)Nc2cccc(C(=O)N(C)Cc3cccc(Cl)c3)c2)cc1. The minimum absolute atomic E-state index is 0.0955. The van der Waals surface area contributed by atoms with Gasteiger partial charge in [0.1, 0.15) is 5.75 Å². The van der Waals surface area contributed by atoms with Crippen molar-refractivity contribution >= 4 is 33.2 Å². The average molecular weight is 445 g/mol. The Kier molecular flexibility index (Phi) is 6.64. The molecule has 0 aliphatic rings. The van der Waals surface area contributed by atoms with Crippen LogP contribution in [0, 0.1) is 0 Å². The summed E-state index contributed by atoms with van der Waals surface area (Å²) >= 11 is 6.00. The van der Waals surface area contributed by atoms with Crippen LogP contribution in [0.5, 0.6) is 5.75 Å². The summed E-state index contributed by atoms with van der Waals surface area (Å²) in [5.74, 6) is 0.324. The molecule has 1 amide bonds. The number of carbonyl (C=O) groups is 1. The van der Waals surface area contributed by atoms with Crippen LogP contribution in [0.15, 0.2) is 77.7 Å². The zero-order chi connectivity index (χ0) is 21.7. The van der Waals surface area contributed by atoms with Gasteiger partial charge in [-0.3, -0.25) is 9.52 Å². The van der Waals surface area contributed by atoms with E-state index >= 15 is 0 Å². The fourth-order valence-electron chi connectivity index (χ4n) is 2.89. The van der Waals surface area contributed by atoms with E-state index in [1.54, 1.807) is 54.4 Å². The van der Waals surface area contributed by atoms with Gasteiger partial charge in [0.15, 0.2) is 0 Å². The third-order valence-corrected chi connectivity index (χ3v) is 6.02. The normalized spacial score (nSPS) is 11.0. The summed E-state index contributed by atoms with van der Waals surface area (Å²) in [6.07, 6.45) is 0. The van der Waals surface area contributed by atoms with E-state index in [1.165, 1.54) is 25.3 Å². The van der Waals surface area contributed by atoms with Crippen molar-refractivity contribution in [2.24, 2.45) is 0 Å². The molecule has 0 bridgehead atoms. The van der Waals surface area contributed by atoms with Crippen LogP contribution < -0.4 is 9.46 Å². The molecular weight excluding hydrogens is 424 g/mol. The van der Waals surface area contributed by atoms with Crippen LogP contribution in [0.2, 0.25) is 5.02 Å². The van der Waals surface area contributed by atoms with E-state index in [0.29, 0.717) is 28.6 Å². The minimum Gasteiger partial charge on any atom is -0.497 e. The highest BCUT2D eigenvalue weighted by Gasteiger charge is 2.17. The fraction of sp³-hybridized carbons (Fsp3) is 0.136. The van der Waals surface area contributed by atoms with Crippen molar-refractivity contribution in [1.82, 2.24) is 4.90 Å². The molecule has 0 unspecified atom stereocenters. The Morgan fingerprint density at radius 3 is 2.40 bits per heavy atom.